The maximum atomic E-state index is 12.0. The zero-order valence-electron chi connectivity index (χ0n) is 13.5. The summed E-state index contributed by atoms with van der Waals surface area (Å²) >= 11 is 0. The molecule has 1 amide bonds. The van der Waals surface area contributed by atoms with Crippen molar-refractivity contribution in [3.63, 3.8) is 0 Å². The van der Waals surface area contributed by atoms with Crippen LogP contribution in [0.5, 0.6) is 0 Å². The summed E-state index contributed by atoms with van der Waals surface area (Å²) < 4.78 is 1.65. The van der Waals surface area contributed by atoms with Gasteiger partial charge in [-0.15, -0.1) is 0 Å². The van der Waals surface area contributed by atoms with Gasteiger partial charge in [-0.25, -0.2) is 9.67 Å². The van der Waals surface area contributed by atoms with E-state index in [9.17, 15) is 4.79 Å². The summed E-state index contributed by atoms with van der Waals surface area (Å²) in [6, 6.07) is 9.35. The third-order valence-electron chi connectivity index (χ3n) is 3.41. The third kappa shape index (κ3) is 3.57. The van der Waals surface area contributed by atoms with Crippen LogP contribution in [0, 0.1) is 0 Å². The average molecular weight is 322 g/mol. The first-order chi connectivity index (χ1) is 11.6. The highest BCUT2D eigenvalue weighted by Crippen LogP contribution is 2.11. The highest BCUT2D eigenvalue weighted by molar-refractivity contribution is 5.94. The van der Waals surface area contributed by atoms with Crippen LogP contribution in [-0.4, -0.2) is 44.7 Å². The van der Waals surface area contributed by atoms with Crippen molar-refractivity contribution < 1.29 is 4.79 Å². The Labute approximate surface area is 140 Å². The van der Waals surface area contributed by atoms with Gasteiger partial charge in [-0.05, 0) is 23.8 Å². The Hall–Kier alpha value is -3.22. The van der Waals surface area contributed by atoms with Crippen molar-refractivity contribution in [1.82, 2.24) is 24.6 Å². The number of carbonyl (C=O) groups excluding carboxylic acids is 1. The summed E-state index contributed by atoms with van der Waals surface area (Å²) in [6.45, 7) is 0.547. The molecule has 24 heavy (non-hydrogen) atoms. The van der Waals surface area contributed by atoms with Crippen LogP contribution < -0.4 is 5.32 Å². The van der Waals surface area contributed by atoms with Crippen LogP contribution in [0.1, 0.15) is 15.9 Å². The second-order valence-electron chi connectivity index (χ2n) is 5.47. The van der Waals surface area contributed by atoms with E-state index in [4.69, 9.17) is 0 Å². The zero-order chi connectivity index (χ0) is 16.9. The minimum Gasteiger partial charge on any atom is -0.365 e. The summed E-state index contributed by atoms with van der Waals surface area (Å²) in [6.07, 6.45) is 6.80. The molecule has 0 atom stereocenters. The Kier molecular flexibility index (Phi) is 4.51. The highest BCUT2D eigenvalue weighted by atomic mass is 16.2. The van der Waals surface area contributed by atoms with E-state index in [1.165, 1.54) is 0 Å². The fourth-order valence-electron chi connectivity index (χ4n) is 2.22. The Morgan fingerprint density at radius 1 is 1.25 bits per heavy atom. The van der Waals surface area contributed by atoms with Crippen molar-refractivity contribution in [2.45, 2.75) is 6.54 Å². The maximum Gasteiger partial charge on any atom is 0.253 e. The van der Waals surface area contributed by atoms with Crippen LogP contribution in [0.25, 0.3) is 5.82 Å². The number of rotatable bonds is 5. The summed E-state index contributed by atoms with van der Waals surface area (Å²) in [5.41, 5.74) is 1.66. The van der Waals surface area contributed by atoms with Crippen LogP contribution >= 0.6 is 0 Å². The molecule has 7 nitrogen and oxygen atoms in total. The number of nitrogens with one attached hydrogen (secondary N) is 1. The molecule has 0 radical (unpaired) electrons. The molecule has 2 heterocycles. The molecule has 3 rings (SSSR count). The van der Waals surface area contributed by atoms with Gasteiger partial charge in [-0.3, -0.25) is 9.78 Å². The minimum atomic E-state index is -0.0164. The molecule has 122 valence electrons. The lowest BCUT2D eigenvalue weighted by Crippen LogP contribution is -2.21. The van der Waals surface area contributed by atoms with Gasteiger partial charge in [-0.2, -0.15) is 5.10 Å². The lowest BCUT2D eigenvalue weighted by molar-refractivity contribution is 0.0827. The SMILES string of the molecule is CN(C)C(=O)c1cccc(CNc2cncc(-n3cccn3)n2)c1. The number of anilines is 1. The molecule has 0 aliphatic rings. The fourth-order valence-corrected chi connectivity index (χ4v) is 2.22. The van der Waals surface area contributed by atoms with Gasteiger partial charge in [0.25, 0.3) is 5.91 Å². The number of nitrogens with zero attached hydrogens (tertiary/aromatic N) is 5. The van der Waals surface area contributed by atoms with Gasteiger partial charge in [0, 0.05) is 38.6 Å². The largest absolute Gasteiger partial charge is 0.365 e. The van der Waals surface area contributed by atoms with Crippen LogP contribution in [0.4, 0.5) is 5.82 Å². The Morgan fingerprint density at radius 2 is 2.12 bits per heavy atom. The number of amides is 1. The quantitative estimate of drug-likeness (QED) is 0.777. The molecule has 3 aromatic rings. The van der Waals surface area contributed by atoms with Crippen LogP contribution in [0.2, 0.25) is 0 Å². The zero-order valence-corrected chi connectivity index (χ0v) is 13.5. The van der Waals surface area contributed by atoms with E-state index in [0.717, 1.165) is 5.56 Å². The molecule has 0 unspecified atom stereocenters. The van der Waals surface area contributed by atoms with Gasteiger partial charge in [-0.1, -0.05) is 12.1 Å². The molecule has 1 N–H and O–H groups in total. The summed E-state index contributed by atoms with van der Waals surface area (Å²) in [5.74, 6) is 1.27. The average Bonchev–Trinajstić information content (AvgIpc) is 3.14. The number of benzene rings is 1. The molecule has 1 aromatic carbocycles. The second-order valence-corrected chi connectivity index (χ2v) is 5.47. The summed E-state index contributed by atoms with van der Waals surface area (Å²) in [5, 5.41) is 7.36. The van der Waals surface area contributed by atoms with E-state index in [-0.39, 0.29) is 5.91 Å². The Bertz CT molecular complexity index is 829. The van der Waals surface area contributed by atoms with Crippen molar-refractivity contribution >= 4 is 11.7 Å². The molecule has 0 saturated heterocycles. The topological polar surface area (TPSA) is 75.9 Å². The van der Waals surface area contributed by atoms with Crippen molar-refractivity contribution in [2.24, 2.45) is 0 Å². The van der Waals surface area contributed by atoms with E-state index >= 15 is 0 Å². The normalized spacial score (nSPS) is 10.4. The molecule has 7 heteroatoms. The molecular formula is C17H18N6O. The first-order valence-corrected chi connectivity index (χ1v) is 7.50. The predicted octanol–water partition coefficient (Wildman–Crippen LogP) is 1.98. The van der Waals surface area contributed by atoms with E-state index in [2.05, 4.69) is 20.4 Å². The summed E-state index contributed by atoms with van der Waals surface area (Å²) in [4.78, 5) is 22.2. The highest BCUT2D eigenvalue weighted by Gasteiger charge is 2.08. The maximum absolute atomic E-state index is 12.0. The monoisotopic (exact) mass is 322 g/mol. The number of hydrogen-bond donors (Lipinski definition) is 1. The van der Waals surface area contributed by atoms with E-state index in [0.29, 0.717) is 23.7 Å². The van der Waals surface area contributed by atoms with Gasteiger partial charge in [0.1, 0.15) is 5.82 Å². The van der Waals surface area contributed by atoms with E-state index < -0.39 is 0 Å². The fraction of sp³-hybridized carbons (Fsp3) is 0.176. The molecule has 2 aromatic heterocycles. The van der Waals surface area contributed by atoms with Gasteiger partial charge < -0.3 is 10.2 Å². The first-order valence-electron chi connectivity index (χ1n) is 7.50. The van der Waals surface area contributed by atoms with Crippen molar-refractivity contribution in [2.75, 3.05) is 19.4 Å². The number of aromatic nitrogens is 4. The molecule has 0 fully saturated rings. The number of carbonyl (C=O) groups is 1. The third-order valence-corrected chi connectivity index (χ3v) is 3.41. The molecular weight excluding hydrogens is 304 g/mol. The first kappa shape index (κ1) is 15.7. The molecule has 0 spiro atoms. The van der Waals surface area contributed by atoms with Gasteiger partial charge in [0.2, 0.25) is 0 Å². The molecule has 0 aliphatic carbocycles. The lowest BCUT2D eigenvalue weighted by Gasteiger charge is -2.12. The van der Waals surface area contributed by atoms with E-state index in [1.54, 1.807) is 42.3 Å². The standard InChI is InChI=1S/C17H18N6O/c1-22(2)17(24)14-6-3-5-13(9-14)10-19-15-11-18-12-16(21-15)23-8-4-7-20-23/h3-9,11-12H,10H2,1-2H3,(H,19,21). The van der Waals surface area contributed by atoms with Gasteiger partial charge in [0.15, 0.2) is 5.82 Å². The lowest BCUT2D eigenvalue weighted by atomic mass is 10.1. The Morgan fingerprint density at radius 3 is 2.88 bits per heavy atom. The van der Waals surface area contributed by atoms with Crippen molar-refractivity contribution in [3.8, 4) is 5.82 Å². The van der Waals surface area contributed by atoms with Gasteiger partial charge >= 0.3 is 0 Å². The second kappa shape index (κ2) is 6.91. The smallest absolute Gasteiger partial charge is 0.253 e. The predicted molar refractivity (Wildman–Crippen MR) is 90.9 cm³/mol. The van der Waals surface area contributed by atoms with Crippen LogP contribution in [-0.2, 0) is 6.54 Å². The molecule has 0 aliphatic heterocycles. The van der Waals surface area contributed by atoms with E-state index in [1.807, 2.05) is 36.5 Å². The van der Waals surface area contributed by atoms with Crippen LogP contribution in [0.15, 0.2) is 55.1 Å². The molecule has 0 bridgehead atoms. The van der Waals surface area contributed by atoms with Gasteiger partial charge in [0.05, 0.1) is 12.4 Å². The van der Waals surface area contributed by atoms with Crippen LogP contribution in [0.3, 0.4) is 0 Å². The summed E-state index contributed by atoms with van der Waals surface area (Å²) in [7, 11) is 3.48. The van der Waals surface area contributed by atoms with Crippen molar-refractivity contribution in [1.29, 1.82) is 0 Å². The minimum absolute atomic E-state index is 0.0164. The molecule has 0 saturated carbocycles. The Balaban J connectivity index is 1.71. The van der Waals surface area contributed by atoms with Crippen molar-refractivity contribution in [3.05, 3.63) is 66.2 Å². The number of hydrogen-bond acceptors (Lipinski definition) is 5.